The van der Waals surface area contributed by atoms with Gasteiger partial charge in [0.1, 0.15) is 0 Å². The number of benzene rings is 3. The Morgan fingerprint density at radius 2 is 1.18 bits per heavy atom. The van der Waals surface area contributed by atoms with Crippen LogP contribution in [0.5, 0.6) is 0 Å². The zero-order valence-corrected chi connectivity index (χ0v) is 12.1. The number of hydrogen-bond donors (Lipinski definition) is 0. The molecular weight excluding hydrogens is 266 g/mol. The fourth-order valence-corrected chi connectivity index (χ4v) is 2.76. The van der Waals surface area contributed by atoms with Crippen LogP contribution in [0, 0.1) is 0 Å². The molecule has 1 nitrogen and oxygen atoms in total. The molecule has 0 saturated heterocycles. The molecular formula is C21H15N. The third-order valence-electron chi connectivity index (χ3n) is 3.87. The van der Waals surface area contributed by atoms with Crippen molar-refractivity contribution in [3.63, 3.8) is 0 Å². The van der Waals surface area contributed by atoms with Crippen molar-refractivity contribution in [2.24, 2.45) is 4.99 Å². The van der Waals surface area contributed by atoms with Crippen LogP contribution in [-0.2, 0) is 0 Å². The van der Waals surface area contributed by atoms with Crippen molar-refractivity contribution in [1.82, 2.24) is 0 Å². The largest absolute Gasteiger partial charge is 0.247 e. The van der Waals surface area contributed by atoms with E-state index in [1.165, 1.54) is 11.1 Å². The SMILES string of the molecule is C1=C\c2ccccc2C(c2ccccc2)=Nc2ccccc2/1. The first-order valence-corrected chi connectivity index (χ1v) is 7.42. The van der Waals surface area contributed by atoms with Crippen LogP contribution >= 0.6 is 0 Å². The van der Waals surface area contributed by atoms with E-state index in [0.29, 0.717) is 0 Å². The predicted octanol–water partition coefficient (Wildman–Crippen LogP) is 5.34. The molecule has 22 heavy (non-hydrogen) atoms. The number of fused-ring (bicyclic) bond motifs is 2. The molecule has 0 fully saturated rings. The first-order valence-electron chi connectivity index (χ1n) is 7.42. The van der Waals surface area contributed by atoms with Crippen LogP contribution in [0.25, 0.3) is 12.2 Å². The summed E-state index contributed by atoms with van der Waals surface area (Å²) in [6.07, 6.45) is 4.31. The lowest BCUT2D eigenvalue weighted by Crippen LogP contribution is -2.06. The maximum absolute atomic E-state index is 4.98. The number of para-hydroxylation sites is 1. The molecule has 1 heteroatoms. The van der Waals surface area contributed by atoms with Crippen LogP contribution in [0.3, 0.4) is 0 Å². The lowest BCUT2D eigenvalue weighted by molar-refractivity contribution is 1.45. The van der Waals surface area contributed by atoms with Gasteiger partial charge in [0.05, 0.1) is 11.4 Å². The topological polar surface area (TPSA) is 12.4 Å². The monoisotopic (exact) mass is 281 g/mol. The van der Waals surface area contributed by atoms with Crippen LogP contribution in [-0.4, -0.2) is 5.71 Å². The molecule has 1 aliphatic heterocycles. The summed E-state index contributed by atoms with van der Waals surface area (Å²) in [5.41, 5.74) is 6.67. The lowest BCUT2D eigenvalue weighted by Gasteiger charge is -2.14. The van der Waals surface area contributed by atoms with E-state index < -0.39 is 0 Å². The molecule has 0 radical (unpaired) electrons. The van der Waals surface area contributed by atoms with Gasteiger partial charge >= 0.3 is 0 Å². The maximum Gasteiger partial charge on any atom is 0.0787 e. The molecule has 0 saturated carbocycles. The standard InChI is InChI=1S/C21H15N/c1-2-10-18(11-3-1)21-19-12-6-4-8-16(19)14-15-17-9-5-7-13-20(17)22-21/h1-15H/b15-14-,16-14?,17-15?,21-19?,22-20?,22-21?. The van der Waals surface area contributed by atoms with Gasteiger partial charge in [0.15, 0.2) is 0 Å². The second-order valence-electron chi connectivity index (χ2n) is 5.31. The van der Waals surface area contributed by atoms with Gasteiger partial charge in [-0.25, -0.2) is 4.99 Å². The van der Waals surface area contributed by atoms with Crippen molar-refractivity contribution in [2.75, 3.05) is 0 Å². The van der Waals surface area contributed by atoms with E-state index in [0.717, 1.165) is 22.5 Å². The number of hydrogen-bond acceptors (Lipinski definition) is 1. The van der Waals surface area contributed by atoms with Crippen molar-refractivity contribution in [3.05, 3.63) is 101 Å². The van der Waals surface area contributed by atoms with Gasteiger partial charge in [0.2, 0.25) is 0 Å². The van der Waals surface area contributed by atoms with E-state index in [1.54, 1.807) is 0 Å². The summed E-state index contributed by atoms with van der Waals surface area (Å²) in [4.78, 5) is 4.98. The van der Waals surface area contributed by atoms with Crippen LogP contribution in [0.1, 0.15) is 22.3 Å². The zero-order valence-electron chi connectivity index (χ0n) is 12.1. The summed E-state index contributed by atoms with van der Waals surface area (Å²) < 4.78 is 0. The van der Waals surface area contributed by atoms with Gasteiger partial charge in [0, 0.05) is 16.7 Å². The minimum atomic E-state index is 1.01. The summed E-state index contributed by atoms with van der Waals surface area (Å²) in [5, 5.41) is 0. The van der Waals surface area contributed by atoms with Gasteiger partial charge in [-0.1, -0.05) is 84.9 Å². The highest BCUT2D eigenvalue weighted by molar-refractivity contribution is 6.16. The highest BCUT2D eigenvalue weighted by atomic mass is 14.8. The predicted molar refractivity (Wildman–Crippen MR) is 93.6 cm³/mol. The van der Waals surface area contributed by atoms with E-state index in [4.69, 9.17) is 4.99 Å². The Bertz CT molecular complexity index is 873. The average Bonchev–Trinajstić information content (AvgIpc) is 2.58. The number of rotatable bonds is 1. The summed E-state index contributed by atoms with van der Waals surface area (Å²) in [6.45, 7) is 0. The minimum absolute atomic E-state index is 1.01. The van der Waals surface area contributed by atoms with Crippen molar-refractivity contribution >= 4 is 23.6 Å². The second kappa shape index (κ2) is 5.45. The summed E-state index contributed by atoms with van der Waals surface area (Å²) in [5.74, 6) is 0. The fourth-order valence-electron chi connectivity index (χ4n) is 2.76. The Kier molecular flexibility index (Phi) is 3.17. The molecule has 0 spiro atoms. The highest BCUT2D eigenvalue weighted by Gasteiger charge is 2.13. The Morgan fingerprint density at radius 3 is 2.05 bits per heavy atom. The molecule has 3 aromatic rings. The smallest absolute Gasteiger partial charge is 0.0787 e. The van der Waals surface area contributed by atoms with Crippen molar-refractivity contribution in [2.45, 2.75) is 0 Å². The van der Waals surface area contributed by atoms with E-state index in [1.807, 2.05) is 18.2 Å². The Labute approximate surface area is 130 Å². The molecule has 0 unspecified atom stereocenters. The Balaban J connectivity index is 2.02. The van der Waals surface area contributed by atoms with Crippen molar-refractivity contribution < 1.29 is 0 Å². The highest BCUT2D eigenvalue weighted by Crippen LogP contribution is 2.28. The van der Waals surface area contributed by atoms with Crippen molar-refractivity contribution in [3.8, 4) is 0 Å². The third kappa shape index (κ3) is 2.27. The summed E-state index contributed by atoms with van der Waals surface area (Å²) in [6, 6.07) is 27.0. The van der Waals surface area contributed by atoms with Crippen LogP contribution in [0.2, 0.25) is 0 Å². The van der Waals surface area contributed by atoms with Crippen LogP contribution < -0.4 is 0 Å². The van der Waals surface area contributed by atoms with E-state index in [-0.39, 0.29) is 0 Å². The van der Waals surface area contributed by atoms with E-state index in [2.05, 4.69) is 72.8 Å². The first-order chi connectivity index (χ1) is 10.9. The van der Waals surface area contributed by atoms with Crippen LogP contribution in [0.4, 0.5) is 5.69 Å². The van der Waals surface area contributed by atoms with Crippen LogP contribution in [0.15, 0.2) is 83.9 Å². The number of aliphatic imine (C=N–C) groups is 1. The van der Waals surface area contributed by atoms with Gasteiger partial charge in [-0.05, 0) is 11.6 Å². The van der Waals surface area contributed by atoms with E-state index >= 15 is 0 Å². The van der Waals surface area contributed by atoms with Gasteiger partial charge in [-0.2, -0.15) is 0 Å². The number of nitrogens with zero attached hydrogens (tertiary/aromatic N) is 1. The zero-order chi connectivity index (χ0) is 14.8. The van der Waals surface area contributed by atoms with Crippen molar-refractivity contribution in [1.29, 1.82) is 0 Å². The molecule has 1 heterocycles. The molecule has 0 aliphatic carbocycles. The molecule has 0 amide bonds. The summed E-state index contributed by atoms with van der Waals surface area (Å²) in [7, 11) is 0. The van der Waals surface area contributed by atoms with Gasteiger partial charge in [-0.3, -0.25) is 0 Å². The third-order valence-corrected chi connectivity index (χ3v) is 3.87. The second-order valence-corrected chi connectivity index (χ2v) is 5.31. The Hall–Kier alpha value is -2.93. The fraction of sp³-hybridized carbons (Fsp3) is 0. The maximum atomic E-state index is 4.98. The van der Waals surface area contributed by atoms with Gasteiger partial charge in [0.25, 0.3) is 0 Å². The molecule has 0 bridgehead atoms. The molecule has 0 aromatic heterocycles. The molecule has 0 atom stereocenters. The van der Waals surface area contributed by atoms with Gasteiger partial charge < -0.3 is 0 Å². The molecule has 104 valence electrons. The molecule has 0 N–H and O–H groups in total. The first kappa shape index (κ1) is 12.8. The molecule has 4 rings (SSSR count). The average molecular weight is 281 g/mol. The molecule has 3 aromatic carbocycles. The normalized spacial score (nSPS) is 14.1. The quantitative estimate of drug-likeness (QED) is 0.446. The Morgan fingerprint density at radius 1 is 0.545 bits per heavy atom. The van der Waals surface area contributed by atoms with Gasteiger partial charge in [-0.15, -0.1) is 0 Å². The summed E-state index contributed by atoms with van der Waals surface area (Å²) >= 11 is 0. The molecule has 1 aliphatic rings. The van der Waals surface area contributed by atoms with E-state index in [9.17, 15) is 0 Å². The minimum Gasteiger partial charge on any atom is -0.247 e. The lowest BCUT2D eigenvalue weighted by atomic mass is 9.95.